The maximum atomic E-state index is 13.0. The van der Waals surface area contributed by atoms with Crippen LogP contribution in [0.4, 0.5) is 0 Å². The van der Waals surface area contributed by atoms with Crippen LogP contribution in [0.15, 0.2) is 50.7 Å². The molecule has 0 radical (unpaired) electrons. The van der Waals surface area contributed by atoms with E-state index in [4.69, 9.17) is 28.1 Å². The molecule has 9 unspecified atom stereocenters. The van der Waals surface area contributed by atoms with Gasteiger partial charge in [0, 0.05) is 24.3 Å². The molecule has 39 heavy (non-hydrogen) atoms. The molecule has 9 atom stereocenters. The van der Waals surface area contributed by atoms with Crippen LogP contribution in [0.1, 0.15) is 70.7 Å². The van der Waals surface area contributed by atoms with Gasteiger partial charge in [-0.25, -0.2) is 9.78 Å². The van der Waals surface area contributed by atoms with Gasteiger partial charge in [0.05, 0.1) is 37.1 Å². The summed E-state index contributed by atoms with van der Waals surface area (Å²) in [7, 11) is 0. The van der Waals surface area contributed by atoms with Crippen molar-refractivity contribution in [3.05, 3.63) is 57.9 Å². The maximum absolute atomic E-state index is 13.0. The Balaban J connectivity index is 1.43. The van der Waals surface area contributed by atoms with Gasteiger partial charge in [-0.2, -0.15) is 0 Å². The Morgan fingerprint density at radius 2 is 1.97 bits per heavy atom. The van der Waals surface area contributed by atoms with Crippen LogP contribution in [0.2, 0.25) is 0 Å². The molecular formula is C30H38INO7. The Morgan fingerprint density at radius 3 is 2.79 bits per heavy atom. The molecule has 0 saturated carbocycles. The average Bonchev–Trinajstić information content (AvgIpc) is 3.39. The van der Waals surface area contributed by atoms with Crippen molar-refractivity contribution in [1.29, 1.82) is 0 Å². The fourth-order valence-electron chi connectivity index (χ4n) is 6.01. The molecule has 9 heteroatoms. The van der Waals surface area contributed by atoms with Gasteiger partial charge >= 0.3 is 5.97 Å². The summed E-state index contributed by atoms with van der Waals surface area (Å²) in [5.41, 5.74) is 2.83. The first kappa shape index (κ1) is 28.7. The van der Waals surface area contributed by atoms with Crippen molar-refractivity contribution >= 4 is 34.6 Å². The monoisotopic (exact) mass is 651 g/mol. The van der Waals surface area contributed by atoms with Gasteiger partial charge in [0.25, 0.3) is 0 Å². The van der Waals surface area contributed by atoms with Gasteiger partial charge in [0.1, 0.15) is 18.1 Å². The summed E-state index contributed by atoms with van der Waals surface area (Å²) in [5, 5.41) is 0. The molecule has 1 aromatic heterocycles. The van der Waals surface area contributed by atoms with Crippen molar-refractivity contribution in [1.82, 2.24) is 4.98 Å². The third kappa shape index (κ3) is 6.93. The zero-order valence-corrected chi connectivity index (χ0v) is 25.0. The van der Waals surface area contributed by atoms with Crippen molar-refractivity contribution < 1.29 is 32.9 Å². The van der Waals surface area contributed by atoms with Crippen LogP contribution >= 0.6 is 22.6 Å². The summed E-state index contributed by atoms with van der Waals surface area (Å²) in [5.74, 6) is 0.110. The number of carbonyl (C=O) groups excluding carboxylic acids is 1. The minimum atomic E-state index is -0.578. The van der Waals surface area contributed by atoms with Crippen LogP contribution in [0.3, 0.4) is 0 Å². The van der Waals surface area contributed by atoms with Gasteiger partial charge in [-0.1, -0.05) is 54.7 Å². The number of ether oxygens (including phenoxy) is 5. The summed E-state index contributed by atoms with van der Waals surface area (Å²) in [6, 6.07) is 0. The van der Waals surface area contributed by atoms with Crippen LogP contribution in [-0.2, 0) is 28.5 Å². The van der Waals surface area contributed by atoms with Gasteiger partial charge in [0.2, 0.25) is 12.2 Å². The number of oxazole rings is 1. The zero-order chi connectivity index (χ0) is 27.5. The second kappa shape index (κ2) is 12.8. The predicted molar refractivity (Wildman–Crippen MR) is 154 cm³/mol. The average molecular weight is 652 g/mol. The Kier molecular flexibility index (Phi) is 9.43. The van der Waals surface area contributed by atoms with E-state index in [9.17, 15) is 4.79 Å². The summed E-state index contributed by atoms with van der Waals surface area (Å²) in [6.07, 6.45) is 10.8. The largest absolute Gasteiger partial charge is 0.458 e. The Hall–Kier alpha value is -1.79. The Bertz CT molecular complexity index is 1130. The molecule has 212 valence electrons. The minimum absolute atomic E-state index is 0.00486. The lowest BCUT2D eigenvalue weighted by Gasteiger charge is -2.44. The number of esters is 1. The van der Waals surface area contributed by atoms with E-state index < -0.39 is 6.29 Å². The first-order valence-electron chi connectivity index (χ1n) is 13.8. The lowest BCUT2D eigenvalue weighted by molar-refractivity contribution is -0.226. The molecule has 0 aromatic carbocycles. The Labute approximate surface area is 244 Å². The normalized spacial score (nSPS) is 39.9. The first-order chi connectivity index (χ1) is 18.8. The number of aromatic nitrogens is 1. The number of rotatable bonds is 1. The SMILES string of the molecule is C=C1CC2/C=C/C(=O)OC3C(C)C(C/C=C/c4nc(co4)C4OCCC(CC(C1)O2)O4)OC(/C(C)=C\I)C3C. The molecular weight excluding hydrogens is 613 g/mol. The topological polar surface area (TPSA) is 89.3 Å². The molecule has 0 N–H and O–H groups in total. The molecule has 3 saturated heterocycles. The number of halogens is 1. The third-order valence-corrected chi connectivity index (χ3v) is 9.06. The smallest absolute Gasteiger partial charge is 0.330 e. The number of hydrogen-bond acceptors (Lipinski definition) is 8. The lowest BCUT2D eigenvalue weighted by Crippen LogP contribution is -2.50. The molecule has 3 fully saturated rings. The molecule has 4 aliphatic heterocycles. The van der Waals surface area contributed by atoms with Crippen LogP contribution in [0.5, 0.6) is 0 Å². The lowest BCUT2D eigenvalue weighted by atomic mass is 9.80. The number of fused-ring (bicyclic) bond motifs is 9. The van der Waals surface area contributed by atoms with E-state index in [1.165, 1.54) is 6.08 Å². The fraction of sp³-hybridized carbons (Fsp3) is 0.600. The van der Waals surface area contributed by atoms with Gasteiger partial charge in [0.15, 0.2) is 0 Å². The highest BCUT2D eigenvalue weighted by Crippen LogP contribution is 2.38. The van der Waals surface area contributed by atoms with Gasteiger partial charge in [-0.15, -0.1) is 0 Å². The van der Waals surface area contributed by atoms with E-state index in [-0.39, 0.29) is 54.4 Å². The molecule has 1 aromatic rings. The molecule has 0 amide bonds. The molecule has 0 spiro atoms. The van der Waals surface area contributed by atoms with Crippen molar-refractivity contribution in [2.75, 3.05) is 6.61 Å². The van der Waals surface area contributed by atoms with Gasteiger partial charge < -0.3 is 28.1 Å². The van der Waals surface area contributed by atoms with E-state index in [0.29, 0.717) is 37.5 Å². The fourth-order valence-corrected chi connectivity index (χ4v) is 6.37. The predicted octanol–water partition coefficient (Wildman–Crippen LogP) is 6.24. The highest BCUT2D eigenvalue weighted by molar-refractivity contribution is 14.1. The quantitative estimate of drug-likeness (QED) is 0.201. The van der Waals surface area contributed by atoms with Crippen LogP contribution < -0.4 is 0 Å². The second-order valence-electron chi connectivity index (χ2n) is 11.1. The van der Waals surface area contributed by atoms with Gasteiger partial charge in [-0.3, -0.25) is 0 Å². The molecule has 0 aliphatic carbocycles. The summed E-state index contributed by atoms with van der Waals surface area (Å²) >= 11 is 2.24. The molecule has 5 rings (SSSR count). The van der Waals surface area contributed by atoms with Crippen LogP contribution in [-0.4, -0.2) is 54.2 Å². The highest BCUT2D eigenvalue weighted by Gasteiger charge is 2.43. The third-order valence-electron chi connectivity index (χ3n) is 8.08. The van der Waals surface area contributed by atoms with Crippen molar-refractivity contribution in [2.24, 2.45) is 11.8 Å². The minimum Gasteiger partial charge on any atom is -0.458 e. The summed E-state index contributed by atoms with van der Waals surface area (Å²) in [4.78, 5) is 17.6. The van der Waals surface area contributed by atoms with Crippen molar-refractivity contribution in [3.63, 3.8) is 0 Å². The Morgan fingerprint density at radius 1 is 1.13 bits per heavy atom. The van der Waals surface area contributed by atoms with E-state index in [0.717, 1.165) is 24.0 Å². The summed E-state index contributed by atoms with van der Waals surface area (Å²) < 4.78 is 38.8. The molecule has 5 heterocycles. The van der Waals surface area contributed by atoms with E-state index in [1.54, 1.807) is 6.26 Å². The van der Waals surface area contributed by atoms with E-state index in [1.807, 2.05) is 22.3 Å². The molecule has 4 aliphatic rings. The standard InChI is InChI=1S/C30H38INO7/c1-17-12-21-8-9-27(33)39-29-19(3)25(38-28(20(29)4)18(2)15-31)6-5-7-26-32-24(16-35-26)30-34-11-10-22(37-30)14-23(13-17)36-21/h5,7-9,15-16,19-23,25,28-30H,1,6,10-14H2,2-4H3/b7-5+,9-8+,18-15-. The van der Waals surface area contributed by atoms with Crippen LogP contribution in [0.25, 0.3) is 6.08 Å². The summed E-state index contributed by atoms with van der Waals surface area (Å²) in [6.45, 7) is 11.0. The number of nitrogens with zero attached hydrogens (tertiary/aromatic N) is 1. The zero-order valence-electron chi connectivity index (χ0n) is 22.8. The highest BCUT2D eigenvalue weighted by atomic mass is 127. The molecule has 8 bridgehead atoms. The molecule has 8 nitrogen and oxygen atoms in total. The van der Waals surface area contributed by atoms with Crippen LogP contribution in [0, 0.1) is 11.8 Å². The first-order valence-corrected chi connectivity index (χ1v) is 15.1. The van der Waals surface area contributed by atoms with Crippen molar-refractivity contribution in [2.45, 2.75) is 95.8 Å². The number of carbonyl (C=O) groups is 1. The number of hydrogen-bond donors (Lipinski definition) is 0. The second-order valence-corrected chi connectivity index (χ2v) is 11.7. The van der Waals surface area contributed by atoms with E-state index in [2.05, 4.69) is 54.9 Å². The van der Waals surface area contributed by atoms with Crippen molar-refractivity contribution in [3.8, 4) is 0 Å². The maximum Gasteiger partial charge on any atom is 0.330 e. The van der Waals surface area contributed by atoms with E-state index >= 15 is 0 Å². The van der Waals surface area contributed by atoms with Gasteiger partial charge in [-0.05, 0) is 54.4 Å².